The van der Waals surface area contributed by atoms with Gasteiger partial charge < -0.3 is 10.4 Å². The van der Waals surface area contributed by atoms with E-state index in [0.29, 0.717) is 12.0 Å². The lowest BCUT2D eigenvalue weighted by molar-refractivity contribution is 0.0418. The summed E-state index contributed by atoms with van der Waals surface area (Å²) in [6, 6.07) is 4.63. The minimum absolute atomic E-state index is 0.0409. The average molecular weight is 218 g/mol. The topological polar surface area (TPSA) is 45.1 Å². The predicted octanol–water partition coefficient (Wildman–Crippen LogP) is 1.43. The standard InChI is InChI=1S/C13H18N2O/c16-11-6-9(7-11)8-15-12-4-3-10-2-1-5-14-13(10)12/h1-2,5,9,11-12,15-16H,3-4,6-8H2. The number of aliphatic hydroxyl groups is 1. The summed E-state index contributed by atoms with van der Waals surface area (Å²) in [7, 11) is 0. The Morgan fingerprint density at radius 1 is 1.44 bits per heavy atom. The SMILES string of the molecule is OC1CC(CNC2CCc3cccnc32)C1. The van der Waals surface area contributed by atoms with Crippen molar-refractivity contribution in [3.05, 3.63) is 29.6 Å². The lowest BCUT2D eigenvalue weighted by atomic mass is 9.82. The molecule has 0 aliphatic heterocycles. The Labute approximate surface area is 95.9 Å². The number of hydrogen-bond donors (Lipinski definition) is 2. The first kappa shape index (κ1) is 10.2. The van der Waals surface area contributed by atoms with Crippen LogP contribution in [0.2, 0.25) is 0 Å². The zero-order valence-corrected chi connectivity index (χ0v) is 9.39. The number of aromatic nitrogens is 1. The van der Waals surface area contributed by atoms with Crippen LogP contribution in [0.1, 0.15) is 36.6 Å². The molecule has 2 N–H and O–H groups in total. The zero-order chi connectivity index (χ0) is 11.0. The molecule has 3 nitrogen and oxygen atoms in total. The highest BCUT2D eigenvalue weighted by atomic mass is 16.3. The number of fused-ring (bicyclic) bond motifs is 1. The summed E-state index contributed by atoms with van der Waals surface area (Å²) >= 11 is 0. The van der Waals surface area contributed by atoms with Crippen LogP contribution in [-0.2, 0) is 6.42 Å². The van der Waals surface area contributed by atoms with Gasteiger partial charge in [-0.15, -0.1) is 0 Å². The second-order valence-electron chi connectivity index (χ2n) is 5.04. The van der Waals surface area contributed by atoms with Crippen molar-refractivity contribution < 1.29 is 5.11 Å². The van der Waals surface area contributed by atoms with Gasteiger partial charge in [-0.1, -0.05) is 6.07 Å². The summed E-state index contributed by atoms with van der Waals surface area (Å²) in [5, 5.41) is 12.8. The maximum absolute atomic E-state index is 9.23. The smallest absolute Gasteiger partial charge is 0.0605 e. The predicted molar refractivity (Wildman–Crippen MR) is 62.0 cm³/mol. The third-order valence-corrected chi connectivity index (χ3v) is 3.82. The summed E-state index contributed by atoms with van der Waals surface area (Å²) in [6.07, 6.45) is 6.09. The van der Waals surface area contributed by atoms with Crippen LogP contribution in [0.25, 0.3) is 0 Å². The quantitative estimate of drug-likeness (QED) is 0.806. The Bertz CT molecular complexity index is 374. The van der Waals surface area contributed by atoms with Crippen molar-refractivity contribution in [3.63, 3.8) is 0 Å². The summed E-state index contributed by atoms with van der Waals surface area (Å²) in [5.41, 5.74) is 2.64. The van der Waals surface area contributed by atoms with E-state index in [1.165, 1.54) is 17.7 Å². The number of aryl methyl sites for hydroxylation is 1. The molecule has 1 fully saturated rings. The van der Waals surface area contributed by atoms with Crippen LogP contribution in [0.4, 0.5) is 0 Å². The fourth-order valence-corrected chi connectivity index (χ4v) is 2.79. The van der Waals surface area contributed by atoms with E-state index in [4.69, 9.17) is 0 Å². The van der Waals surface area contributed by atoms with Crippen LogP contribution >= 0.6 is 0 Å². The molecular weight excluding hydrogens is 200 g/mol. The number of rotatable bonds is 3. The van der Waals surface area contributed by atoms with E-state index in [-0.39, 0.29) is 6.10 Å². The average Bonchev–Trinajstić information content (AvgIpc) is 2.66. The van der Waals surface area contributed by atoms with Crippen LogP contribution in [0.3, 0.4) is 0 Å². The van der Waals surface area contributed by atoms with Crippen LogP contribution in [0.5, 0.6) is 0 Å². The van der Waals surface area contributed by atoms with Gasteiger partial charge in [0.15, 0.2) is 0 Å². The van der Waals surface area contributed by atoms with E-state index in [2.05, 4.69) is 16.4 Å². The monoisotopic (exact) mass is 218 g/mol. The van der Waals surface area contributed by atoms with Crippen LogP contribution in [0.15, 0.2) is 18.3 Å². The zero-order valence-electron chi connectivity index (χ0n) is 9.39. The van der Waals surface area contributed by atoms with E-state index in [0.717, 1.165) is 25.8 Å². The van der Waals surface area contributed by atoms with Gasteiger partial charge in [0, 0.05) is 6.20 Å². The van der Waals surface area contributed by atoms with E-state index < -0.39 is 0 Å². The highest BCUT2D eigenvalue weighted by Gasteiger charge is 2.29. The molecule has 1 aromatic rings. The highest BCUT2D eigenvalue weighted by Crippen LogP contribution is 2.31. The molecule has 0 bridgehead atoms. The highest BCUT2D eigenvalue weighted by molar-refractivity contribution is 5.27. The second kappa shape index (κ2) is 4.15. The van der Waals surface area contributed by atoms with Gasteiger partial charge in [0.1, 0.15) is 0 Å². The first-order valence-electron chi connectivity index (χ1n) is 6.18. The molecule has 1 atom stereocenters. The third kappa shape index (κ3) is 1.85. The maximum atomic E-state index is 9.23. The molecule has 1 aromatic heterocycles. The van der Waals surface area contributed by atoms with E-state index in [1.54, 1.807) is 0 Å². The summed E-state index contributed by atoms with van der Waals surface area (Å²) in [6.45, 7) is 1.03. The van der Waals surface area contributed by atoms with Crippen molar-refractivity contribution in [2.24, 2.45) is 5.92 Å². The van der Waals surface area contributed by atoms with E-state index in [9.17, 15) is 5.11 Å². The lowest BCUT2D eigenvalue weighted by Gasteiger charge is -2.32. The molecule has 86 valence electrons. The van der Waals surface area contributed by atoms with Gasteiger partial charge in [-0.25, -0.2) is 0 Å². The molecule has 1 saturated carbocycles. The largest absolute Gasteiger partial charge is 0.393 e. The van der Waals surface area contributed by atoms with Gasteiger partial charge in [-0.2, -0.15) is 0 Å². The molecule has 2 aliphatic carbocycles. The van der Waals surface area contributed by atoms with Crippen LogP contribution in [0, 0.1) is 5.92 Å². The van der Waals surface area contributed by atoms with Crippen molar-refractivity contribution in [2.45, 2.75) is 37.8 Å². The number of pyridine rings is 1. The summed E-state index contributed by atoms with van der Waals surface area (Å²) in [4.78, 5) is 4.47. The normalized spacial score (nSPS) is 32.2. The number of nitrogens with zero attached hydrogens (tertiary/aromatic N) is 1. The Balaban J connectivity index is 1.57. The van der Waals surface area contributed by atoms with Gasteiger partial charge in [0.25, 0.3) is 0 Å². The first-order chi connectivity index (χ1) is 7.83. The van der Waals surface area contributed by atoms with Gasteiger partial charge in [0.2, 0.25) is 0 Å². The maximum Gasteiger partial charge on any atom is 0.0605 e. The van der Waals surface area contributed by atoms with Crippen molar-refractivity contribution >= 4 is 0 Å². The molecule has 0 spiro atoms. The molecular formula is C13H18N2O. The summed E-state index contributed by atoms with van der Waals surface area (Å²) in [5.74, 6) is 0.669. The minimum atomic E-state index is -0.0409. The van der Waals surface area contributed by atoms with Crippen molar-refractivity contribution in [3.8, 4) is 0 Å². The molecule has 3 rings (SSSR count). The molecule has 0 amide bonds. The first-order valence-corrected chi connectivity index (χ1v) is 6.18. The number of hydrogen-bond acceptors (Lipinski definition) is 3. The molecule has 16 heavy (non-hydrogen) atoms. The Hall–Kier alpha value is -0.930. The van der Waals surface area contributed by atoms with E-state index >= 15 is 0 Å². The van der Waals surface area contributed by atoms with Gasteiger partial charge in [0.05, 0.1) is 17.8 Å². The van der Waals surface area contributed by atoms with Crippen molar-refractivity contribution in [1.29, 1.82) is 0 Å². The number of aliphatic hydroxyl groups excluding tert-OH is 1. The molecule has 1 unspecified atom stereocenters. The minimum Gasteiger partial charge on any atom is -0.393 e. The lowest BCUT2D eigenvalue weighted by Crippen LogP contribution is -2.37. The fourth-order valence-electron chi connectivity index (χ4n) is 2.79. The third-order valence-electron chi connectivity index (χ3n) is 3.82. The summed E-state index contributed by atoms with van der Waals surface area (Å²) < 4.78 is 0. The number of nitrogens with one attached hydrogen (secondary N) is 1. The molecule has 3 heteroatoms. The van der Waals surface area contributed by atoms with Crippen molar-refractivity contribution in [1.82, 2.24) is 10.3 Å². The van der Waals surface area contributed by atoms with Gasteiger partial charge in [-0.05, 0) is 49.8 Å². The molecule has 0 saturated heterocycles. The Morgan fingerprint density at radius 2 is 2.31 bits per heavy atom. The Morgan fingerprint density at radius 3 is 3.12 bits per heavy atom. The molecule has 0 radical (unpaired) electrons. The molecule has 1 heterocycles. The second-order valence-corrected chi connectivity index (χ2v) is 5.04. The van der Waals surface area contributed by atoms with Crippen LogP contribution in [-0.4, -0.2) is 22.7 Å². The molecule has 0 aromatic carbocycles. The molecule has 2 aliphatic rings. The van der Waals surface area contributed by atoms with Crippen LogP contribution < -0.4 is 5.32 Å². The fraction of sp³-hybridized carbons (Fsp3) is 0.615. The Kier molecular flexibility index (Phi) is 2.65. The van der Waals surface area contributed by atoms with Gasteiger partial charge >= 0.3 is 0 Å². The van der Waals surface area contributed by atoms with Gasteiger partial charge in [-0.3, -0.25) is 4.98 Å². The van der Waals surface area contributed by atoms with E-state index in [1.807, 2.05) is 12.3 Å². The van der Waals surface area contributed by atoms with Crippen molar-refractivity contribution in [2.75, 3.05) is 6.54 Å².